The van der Waals surface area contributed by atoms with Crippen molar-refractivity contribution in [2.45, 2.75) is 31.6 Å². The fraction of sp³-hybridized carbons (Fsp3) is 0.500. The molecule has 2 nitrogen and oxygen atoms in total. The molecule has 1 aromatic rings. The van der Waals surface area contributed by atoms with E-state index in [4.69, 9.17) is 4.74 Å². The van der Waals surface area contributed by atoms with Crippen LogP contribution in [0.15, 0.2) is 24.3 Å². The summed E-state index contributed by atoms with van der Waals surface area (Å²) in [4.78, 5) is 11.4. The quantitative estimate of drug-likeness (QED) is 0.726. The highest BCUT2D eigenvalue weighted by atomic mass is 16.5. The Bertz CT molecular complexity index is 391. The van der Waals surface area contributed by atoms with Gasteiger partial charge < -0.3 is 4.74 Å². The van der Waals surface area contributed by atoms with Crippen molar-refractivity contribution in [3.05, 3.63) is 35.4 Å². The maximum absolute atomic E-state index is 11.4. The van der Waals surface area contributed by atoms with Crippen LogP contribution in [0.3, 0.4) is 0 Å². The highest BCUT2D eigenvalue weighted by Crippen LogP contribution is 2.44. The molecule has 0 aromatic heterocycles. The summed E-state index contributed by atoms with van der Waals surface area (Å²) in [5.74, 6) is 0.133. The number of carbonyl (C=O) groups is 1. The molecule has 16 heavy (non-hydrogen) atoms. The van der Waals surface area contributed by atoms with Crippen molar-refractivity contribution in [2.24, 2.45) is 0 Å². The topological polar surface area (TPSA) is 26.3 Å². The Hall–Kier alpha value is -1.15. The van der Waals surface area contributed by atoms with Crippen LogP contribution < -0.4 is 0 Å². The van der Waals surface area contributed by atoms with E-state index >= 15 is 0 Å². The lowest BCUT2D eigenvalue weighted by molar-refractivity contribution is 0.0791. The van der Waals surface area contributed by atoms with Crippen LogP contribution in [-0.2, 0) is 10.2 Å². The van der Waals surface area contributed by atoms with Crippen LogP contribution in [0, 0.1) is 0 Å². The summed E-state index contributed by atoms with van der Waals surface area (Å²) < 4.78 is 5.32. The third-order valence-corrected chi connectivity index (χ3v) is 3.61. The SMILES string of the molecule is COCC1(c2cccc(C(C)=O)c2)CCC1. The fourth-order valence-electron chi connectivity index (χ4n) is 2.46. The Morgan fingerprint density at radius 2 is 2.19 bits per heavy atom. The molecule has 0 radical (unpaired) electrons. The van der Waals surface area contributed by atoms with E-state index in [0.717, 1.165) is 12.2 Å². The second kappa shape index (κ2) is 4.38. The van der Waals surface area contributed by atoms with Crippen LogP contribution in [0.5, 0.6) is 0 Å². The molecule has 0 saturated heterocycles. The van der Waals surface area contributed by atoms with Gasteiger partial charge >= 0.3 is 0 Å². The third-order valence-electron chi connectivity index (χ3n) is 3.61. The number of ether oxygens (including phenoxy) is 1. The monoisotopic (exact) mass is 218 g/mol. The predicted octanol–water partition coefficient (Wildman–Crippen LogP) is 2.96. The number of hydrogen-bond acceptors (Lipinski definition) is 2. The first kappa shape index (κ1) is 11.3. The van der Waals surface area contributed by atoms with Crippen LogP contribution in [0.2, 0.25) is 0 Å². The molecule has 1 aromatic carbocycles. The van der Waals surface area contributed by atoms with Crippen molar-refractivity contribution in [2.75, 3.05) is 13.7 Å². The fourth-order valence-corrected chi connectivity index (χ4v) is 2.46. The Kier molecular flexibility index (Phi) is 3.10. The molecule has 2 heteroatoms. The van der Waals surface area contributed by atoms with E-state index in [2.05, 4.69) is 6.07 Å². The molecule has 0 amide bonds. The molecule has 1 aliphatic carbocycles. The van der Waals surface area contributed by atoms with E-state index in [0.29, 0.717) is 0 Å². The number of hydrogen-bond donors (Lipinski definition) is 0. The molecular formula is C14H18O2. The van der Waals surface area contributed by atoms with Crippen LogP contribution in [0.25, 0.3) is 0 Å². The number of methoxy groups -OCH3 is 1. The number of ketones is 1. The van der Waals surface area contributed by atoms with E-state index in [-0.39, 0.29) is 11.2 Å². The average molecular weight is 218 g/mol. The van der Waals surface area contributed by atoms with Crippen LogP contribution in [0.1, 0.15) is 42.1 Å². The van der Waals surface area contributed by atoms with E-state index in [1.165, 1.54) is 24.8 Å². The van der Waals surface area contributed by atoms with Gasteiger partial charge in [-0.15, -0.1) is 0 Å². The minimum absolute atomic E-state index is 0.133. The highest BCUT2D eigenvalue weighted by Gasteiger charge is 2.38. The minimum Gasteiger partial charge on any atom is -0.384 e. The summed E-state index contributed by atoms with van der Waals surface area (Å²) in [6.07, 6.45) is 3.60. The molecule has 1 saturated carbocycles. The first-order valence-electron chi connectivity index (χ1n) is 5.78. The van der Waals surface area contributed by atoms with E-state index in [1.807, 2.05) is 18.2 Å². The largest absolute Gasteiger partial charge is 0.384 e. The van der Waals surface area contributed by atoms with Gasteiger partial charge in [-0.3, -0.25) is 4.79 Å². The van der Waals surface area contributed by atoms with Gasteiger partial charge in [0.15, 0.2) is 5.78 Å². The number of carbonyl (C=O) groups excluding carboxylic acids is 1. The summed E-state index contributed by atoms with van der Waals surface area (Å²) in [7, 11) is 1.74. The molecule has 0 atom stereocenters. The van der Waals surface area contributed by atoms with Gasteiger partial charge in [0.1, 0.15) is 0 Å². The van der Waals surface area contributed by atoms with Crippen LogP contribution >= 0.6 is 0 Å². The summed E-state index contributed by atoms with van der Waals surface area (Å²) >= 11 is 0. The van der Waals surface area contributed by atoms with Gasteiger partial charge in [-0.2, -0.15) is 0 Å². The van der Waals surface area contributed by atoms with Crippen molar-refractivity contribution in [3.8, 4) is 0 Å². The molecule has 0 bridgehead atoms. The maximum atomic E-state index is 11.4. The Labute approximate surface area is 96.6 Å². The lowest BCUT2D eigenvalue weighted by Gasteiger charge is -2.42. The molecule has 0 N–H and O–H groups in total. The normalized spacial score (nSPS) is 17.9. The lowest BCUT2D eigenvalue weighted by Crippen LogP contribution is -2.38. The van der Waals surface area contributed by atoms with Gasteiger partial charge in [0, 0.05) is 18.1 Å². The molecule has 1 aliphatic rings. The van der Waals surface area contributed by atoms with Crippen molar-refractivity contribution < 1.29 is 9.53 Å². The molecule has 0 spiro atoms. The number of Topliss-reactive ketones (excluding diaryl/α,β-unsaturated/α-hetero) is 1. The Balaban J connectivity index is 2.31. The third kappa shape index (κ3) is 1.90. The number of rotatable bonds is 4. The van der Waals surface area contributed by atoms with Crippen molar-refractivity contribution >= 4 is 5.78 Å². The van der Waals surface area contributed by atoms with Gasteiger partial charge in [-0.25, -0.2) is 0 Å². The van der Waals surface area contributed by atoms with Crippen molar-refractivity contribution in [1.29, 1.82) is 0 Å². The van der Waals surface area contributed by atoms with E-state index < -0.39 is 0 Å². The molecule has 2 rings (SSSR count). The summed E-state index contributed by atoms with van der Waals surface area (Å²) in [5.41, 5.74) is 2.23. The Morgan fingerprint density at radius 1 is 1.44 bits per heavy atom. The van der Waals surface area contributed by atoms with Crippen LogP contribution in [0.4, 0.5) is 0 Å². The smallest absolute Gasteiger partial charge is 0.159 e. The lowest BCUT2D eigenvalue weighted by atomic mass is 9.65. The molecule has 0 heterocycles. The minimum atomic E-state index is 0.133. The second-order valence-corrected chi connectivity index (χ2v) is 4.70. The molecule has 0 aliphatic heterocycles. The van der Waals surface area contributed by atoms with Crippen molar-refractivity contribution in [1.82, 2.24) is 0 Å². The summed E-state index contributed by atoms with van der Waals surface area (Å²) in [6.45, 7) is 2.37. The average Bonchev–Trinajstić information content (AvgIpc) is 2.23. The van der Waals surface area contributed by atoms with Gasteiger partial charge in [0.05, 0.1) is 6.61 Å². The maximum Gasteiger partial charge on any atom is 0.159 e. The number of benzene rings is 1. The zero-order chi connectivity index (χ0) is 11.6. The van der Waals surface area contributed by atoms with Gasteiger partial charge in [-0.1, -0.05) is 24.6 Å². The summed E-state index contributed by atoms with van der Waals surface area (Å²) in [6, 6.07) is 8.00. The van der Waals surface area contributed by atoms with Crippen molar-refractivity contribution in [3.63, 3.8) is 0 Å². The van der Waals surface area contributed by atoms with E-state index in [9.17, 15) is 4.79 Å². The first-order valence-corrected chi connectivity index (χ1v) is 5.78. The first-order chi connectivity index (χ1) is 7.68. The van der Waals surface area contributed by atoms with E-state index in [1.54, 1.807) is 14.0 Å². The standard InChI is InChI=1S/C14H18O2/c1-11(15)12-5-3-6-13(9-12)14(10-16-2)7-4-8-14/h3,5-6,9H,4,7-8,10H2,1-2H3. The molecule has 0 unspecified atom stereocenters. The second-order valence-electron chi connectivity index (χ2n) is 4.70. The van der Waals surface area contributed by atoms with Gasteiger partial charge in [0.2, 0.25) is 0 Å². The molecular weight excluding hydrogens is 200 g/mol. The zero-order valence-electron chi connectivity index (χ0n) is 9.95. The molecule has 86 valence electrons. The molecule has 1 fully saturated rings. The van der Waals surface area contributed by atoms with Gasteiger partial charge in [-0.05, 0) is 31.4 Å². The van der Waals surface area contributed by atoms with Gasteiger partial charge in [0.25, 0.3) is 0 Å². The van der Waals surface area contributed by atoms with Crippen LogP contribution in [-0.4, -0.2) is 19.5 Å². The Morgan fingerprint density at radius 3 is 2.69 bits per heavy atom. The predicted molar refractivity (Wildman–Crippen MR) is 63.9 cm³/mol. The zero-order valence-corrected chi connectivity index (χ0v) is 9.95. The highest BCUT2D eigenvalue weighted by molar-refractivity contribution is 5.94. The summed E-state index contributed by atoms with van der Waals surface area (Å²) in [5, 5.41) is 0.